The summed E-state index contributed by atoms with van der Waals surface area (Å²) in [4.78, 5) is 11.5. The monoisotopic (exact) mass is 252 g/mol. The van der Waals surface area contributed by atoms with E-state index in [0.29, 0.717) is 24.2 Å². The van der Waals surface area contributed by atoms with E-state index in [2.05, 4.69) is 4.74 Å². The Hall–Kier alpha value is -1.55. The molecule has 0 saturated heterocycles. The number of rotatable bonds is 6. The van der Waals surface area contributed by atoms with Gasteiger partial charge in [-0.25, -0.2) is 4.79 Å². The van der Waals surface area contributed by atoms with Crippen molar-refractivity contribution in [3.63, 3.8) is 0 Å². The Morgan fingerprint density at radius 2 is 1.89 bits per heavy atom. The molecular formula is C14H20O4. The highest BCUT2D eigenvalue weighted by Crippen LogP contribution is 2.22. The van der Waals surface area contributed by atoms with Gasteiger partial charge in [0.25, 0.3) is 0 Å². The lowest BCUT2D eigenvalue weighted by Gasteiger charge is -2.25. The third-order valence-corrected chi connectivity index (χ3v) is 3.10. The van der Waals surface area contributed by atoms with E-state index in [0.717, 1.165) is 0 Å². The van der Waals surface area contributed by atoms with Gasteiger partial charge in [-0.2, -0.15) is 0 Å². The molecule has 4 heteroatoms. The van der Waals surface area contributed by atoms with E-state index in [1.165, 1.54) is 7.11 Å². The highest BCUT2D eigenvalue weighted by atomic mass is 16.5. The summed E-state index contributed by atoms with van der Waals surface area (Å²) in [7, 11) is 1.33. The minimum Gasteiger partial charge on any atom is -0.490 e. The maximum absolute atomic E-state index is 11.5. The first-order valence-electron chi connectivity index (χ1n) is 6.09. The van der Waals surface area contributed by atoms with Gasteiger partial charge in [0.1, 0.15) is 17.9 Å². The molecule has 1 aromatic carbocycles. The molecular weight excluding hydrogens is 232 g/mol. The molecule has 1 aromatic rings. The van der Waals surface area contributed by atoms with Crippen molar-refractivity contribution >= 4 is 5.97 Å². The molecule has 0 unspecified atom stereocenters. The number of hydrogen-bond acceptors (Lipinski definition) is 4. The van der Waals surface area contributed by atoms with Gasteiger partial charge >= 0.3 is 5.97 Å². The lowest BCUT2D eigenvalue weighted by Crippen LogP contribution is -2.34. The number of hydrogen-bond donors (Lipinski definition) is 1. The van der Waals surface area contributed by atoms with E-state index < -0.39 is 11.6 Å². The van der Waals surface area contributed by atoms with E-state index in [9.17, 15) is 9.90 Å². The summed E-state index contributed by atoms with van der Waals surface area (Å²) >= 11 is 0. The number of esters is 1. The van der Waals surface area contributed by atoms with Crippen molar-refractivity contribution in [2.75, 3.05) is 13.7 Å². The third kappa shape index (κ3) is 3.47. The average Bonchev–Trinajstić information content (AvgIpc) is 2.44. The summed E-state index contributed by atoms with van der Waals surface area (Å²) < 4.78 is 10.2. The summed E-state index contributed by atoms with van der Waals surface area (Å²) in [6.07, 6.45) is 1.20. The molecule has 1 N–H and O–H groups in total. The first-order chi connectivity index (χ1) is 8.56. The van der Waals surface area contributed by atoms with Crippen molar-refractivity contribution in [2.45, 2.75) is 32.3 Å². The Balaban J connectivity index is 2.82. The molecule has 0 aliphatic carbocycles. The van der Waals surface area contributed by atoms with Crippen LogP contribution in [0, 0.1) is 0 Å². The van der Waals surface area contributed by atoms with Gasteiger partial charge < -0.3 is 14.6 Å². The highest BCUT2D eigenvalue weighted by Gasteiger charge is 2.24. The minimum absolute atomic E-state index is 0.161. The molecule has 0 fully saturated rings. The Labute approximate surface area is 108 Å². The lowest BCUT2D eigenvalue weighted by atomic mass is 9.99. The van der Waals surface area contributed by atoms with Crippen LogP contribution in [0.3, 0.4) is 0 Å². The van der Waals surface area contributed by atoms with E-state index >= 15 is 0 Å². The summed E-state index contributed by atoms with van der Waals surface area (Å²) in [5.41, 5.74) is -0.488. The number of carbonyl (C=O) groups is 1. The first kappa shape index (κ1) is 14.5. The molecule has 0 radical (unpaired) electrons. The van der Waals surface area contributed by atoms with Crippen molar-refractivity contribution in [3.8, 4) is 5.75 Å². The van der Waals surface area contributed by atoms with E-state index in [1.807, 2.05) is 13.8 Å². The Kier molecular flexibility index (Phi) is 5.16. The van der Waals surface area contributed by atoms with Crippen molar-refractivity contribution in [1.82, 2.24) is 0 Å². The number of aliphatic hydroxyl groups is 1. The second-order valence-electron chi connectivity index (χ2n) is 4.21. The van der Waals surface area contributed by atoms with Gasteiger partial charge in [0, 0.05) is 0 Å². The van der Waals surface area contributed by atoms with Gasteiger partial charge in [-0.15, -0.1) is 0 Å². The molecule has 4 nitrogen and oxygen atoms in total. The maximum Gasteiger partial charge on any atom is 0.341 e. The Morgan fingerprint density at radius 3 is 2.44 bits per heavy atom. The van der Waals surface area contributed by atoms with Crippen LogP contribution in [-0.2, 0) is 4.74 Å². The zero-order valence-corrected chi connectivity index (χ0v) is 11.1. The topological polar surface area (TPSA) is 55.8 Å². The number of carbonyl (C=O) groups excluding carboxylic acids is 1. The van der Waals surface area contributed by atoms with Crippen LogP contribution in [0.1, 0.15) is 37.0 Å². The highest BCUT2D eigenvalue weighted by molar-refractivity contribution is 5.92. The van der Waals surface area contributed by atoms with Crippen LogP contribution >= 0.6 is 0 Å². The number of benzene rings is 1. The minimum atomic E-state index is -0.858. The van der Waals surface area contributed by atoms with Crippen molar-refractivity contribution in [1.29, 1.82) is 0 Å². The summed E-state index contributed by atoms with van der Waals surface area (Å²) in [5, 5.41) is 10.1. The van der Waals surface area contributed by atoms with Crippen LogP contribution in [0.5, 0.6) is 5.75 Å². The normalized spacial score (nSPS) is 11.1. The molecule has 0 atom stereocenters. The van der Waals surface area contributed by atoms with Gasteiger partial charge in [0.2, 0.25) is 0 Å². The molecule has 0 aromatic heterocycles. The molecule has 0 aliphatic rings. The largest absolute Gasteiger partial charge is 0.490 e. The van der Waals surface area contributed by atoms with Gasteiger partial charge in [-0.3, -0.25) is 0 Å². The fraction of sp³-hybridized carbons (Fsp3) is 0.500. The predicted octanol–water partition coefficient (Wildman–Crippen LogP) is 2.40. The van der Waals surface area contributed by atoms with Crippen molar-refractivity contribution < 1.29 is 19.4 Å². The van der Waals surface area contributed by atoms with Gasteiger partial charge in [-0.1, -0.05) is 26.0 Å². The van der Waals surface area contributed by atoms with Crippen molar-refractivity contribution in [3.05, 3.63) is 29.8 Å². The van der Waals surface area contributed by atoms with Gasteiger partial charge in [-0.05, 0) is 25.0 Å². The molecule has 0 bridgehead atoms. The third-order valence-electron chi connectivity index (χ3n) is 3.10. The van der Waals surface area contributed by atoms with Crippen molar-refractivity contribution in [2.24, 2.45) is 0 Å². The van der Waals surface area contributed by atoms with Crippen LogP contribution in [0.25, 0.3) is 0 Å². The standard InChI is InChI=1S/C14H20O4/c1-4-14(16,5-2)10-18-12-9-7-6-8-11(12)13(15)17-3/h6-9,16H,4-5,10H2,1-3H3. The second-order valence-corrected chi connectivity index (χ2v) is 4.21. The van der Waals surface area contributed by atoms with Gasteiger partial charge in [0.05, 0.1) is 12.7 Å². The van der Waals surface area contributed by atoms with E-state index in [-0.39, 0.29) is 6.61 Å². The Bertz CT molecular complexity index is 397. The van der Waals surface area contributed by atoms with Crippen LogP contribution < -0.4 is 4.74 Å². The first-order valence-corrected chi connectivity index (χ1v) is 6.09. The lowest BCUT2D eigenvalue weighted by molar-refractivity contribution is -0.0118. The van der Waals surface area contributed by atoms with E-state index in [1.54, 1.807) is 24.3 Å². The molecule has 0 aliphatic heterocycles. The number of ether oxygens (including phenoxy) is 2. The quantitative estimate of drug-likeness (QED) is 0.790. The molecule has 0 saturated carbocycles. The zero-order chi connectivity index (χ0) is 13.6. The predicted molar refractivity (Wildman–Crippen MR) is 68.8 cm³/mol. The summed E-state index contributed by atoms with van der Waals surface area (Å²) in [5.74, 6) is -0.00758. The van der Waals surface area contributed by atoms with Gasteiger partial charge in [0.15, 0.2) is 0 Å². The molecule has 100 valence electrons. The molecule has 0 heterocycles. The Morgan fingerprint density at radius 1 is 1.28 bits per heavy atom. The van der Waals surface area contributed by atoms with Crippen LogP contribution in [0.15, 0.2) is 24.3 Å². The number of para-hydroxylation sites is 1. The molecule has 0 amide bonds. The smallest absolute Gasteiger partial charge is 0.341 e. The maximum atomic E-state index is 11.5. The van der Waals surface area contributed by atoms with E-state index in [4.69, 9.17) is 4.74 Å². The summed E-state index contributed by atoms with van der Waals surface area (Å²) in [6, 6.07) is 6.85. The van der Waals surface area contributed by atoms with Crippen LogP contribution in [0.2, 0.25) is 0 Å². The average molecular weight is 252 g/mol. The molecule has 0 spiro atoms. The fourth-order valence-corrected chi connectivity index (χ4v) is 1.54. The number of methoxy groups -OCH3 is 1. The zero-order valence-electron chi connectivity index (χ0n) is 11.1. The second kappa shape index (κ2) is 6.40. The molecule has 18 heavy (non-hydrogen) atoms. The molecule has 1 rings (SSSR count). The SMILES string of the molecule is CCC(O)(CC)COc1ccccc1C(=O)OC. The van der Waals surface area contributed by atoms with Crippen LogP contribution in [0.4, 0.5) is 0 Å². The summed E-state index contributed by atoms with van der Waals surface area (Å²) in [6.45, 7) is 3.96. The van der Waals surface area contributed by atoms with Crippen LogP contribution in [-0.4, -0.2) is 30.4 Å². The fourth-order valence-electron chi connectivity index (χ4n) is 1.54.